The highest BCUT2D eigenvalue weighted by atomic mass is 16.2. The Bertz CT molecular complexity index is 470. The molecule has 0 saturated heterocycles. The van der Waals surface area contributed by atoms with Crippen molar-refractivity contribution in [3.05, 3.63) is 24.3 Å². The zero-order valence-electron chi connectivity index (χ0n) is 12.6. The predicted octanol–water partition coefficient (Wildman–Crippen LogP) is 1.85. The third-order valence-corrected chi connectivity index (χ3v) is 2.83. The van der Waals surface area contributed by atoms with Gasteiger partial charge in [-0.1, -0.05) is 19.9 Å². The van der Waals surface area contributed by atoms with E-state index in [0.717, 1.165) is 12.1 Å². The summed E-state index contributed by atoms with van der Waals surface area (Å²) in [5.74, 6) is -0.735. The average molecular weight is 277 g/mol. The lowest BCUT2D eigenvalue weighted by Crippen LogP contribution is -2.36. The van der Waals surface area contributed by atoms with E-state index >= 15 is 0 Å². The molecule has 0 aromatic heterocycles. The molecule has 0 atom stereocenters. The molecular weight excluding hydrogens is 254 g/mol. The van der Waals surface area contributed by atoms with Gasteiger partial charge in [0.05, 0.1) is 0 Å². The number of anilines is 2. The predicted molar refractivity (Wildman–Crippen MR) is 81.9 cm³/mol. The molecule has 0 bridgehead atoms. The molecule has 0 aliphatic rings. The summed E-state index contributed by atoms with van der Waals surface area (Å²) in [6, 6.07) is 7.34. The van der Waals surface area contributed by atoms with Gasteiger partial charge in [0.15, 0.2) is 0 Å². The lowest BCUT2D eigenvalue weighted by molar-refractivity contribution is -0.136. The van der Waals surface area contributed by atoms with Crippen molar-refractivity contribution < 1.29 is 9.59 Å². The van der Waals surface area contributed by atoms with Crippen LogP contribution in [-0.4, -0.2) is 32.5 Å². The minimum Gasteiger partial charge on any atom is -0.378 e. The number of carbonyl (C=O) groups is 2. The topological polar surface area (TPSA) is 61.4 Å². The first-order valence-electron chi connectivity index (χ1n) is 6.76. The lowest BCUT2D eigenvalue weighted by atomic mass is 10.1. The molecule has 0 radical (unpaired) electrons. The van der Waals surface area contributed by atoms with Gasteiger partial charge in [0, 0.05) is 32.0 Å². The fraction of sp³-hybridized carbons (Fsp3) is 0.467. The molecule has 0 aliphatic carbocycles. The molecule has 1 rings (SSSR count). The maximum Gasteiger partial charge on any atom is 0.313 e. The molecule has 5 heteroatoms. The van der Waals surface area contributed by atoms with E-state index in [9.17, 15) is 9.59 Å². The van der Waals surface area contributed by atoms with Crippen LogP contribution in [0.3, 0.4) is 0 Å². The van der Waals surface area contributed by atoms with E-state index in [1.165, 1.54) is 0 Å². The van der Waals surface area contributed by atoms with Crippen molar-refractivity contribution in [2.75, 3.05) is 30.9 Å². The van der Waals surface area contributed by atoms with Gasteiger partial charge >= 0.3 is 11.8 Å². The van der Waals surface area contributed by atoms with Crippen molar-refractivity contribution >= 4 is 23.2 Å². The van der Waals surface area contributed by atoms with Gasteiger partial charge in [0.2, 0.25) is 0 Å². The maximum absolute atomic E-state index is 11.7. The van der Waals surface area contributed by atoms with Gasteiger partial charge in [-0.25, -0.2) is 0 Å². The molecule has 1 aromatic carbocycles. The standard InChI is InChI=1S/C15H23N3O2/c1-11(2)8-9-16-14(19)15(20)17-12-6-5-7-13(10-12)18(3)4/h5-7,10-11H,8-9H2,1-4H3,(H,16,19)(H,17,20). The molecule has 0 fully saturated rings. The van der Waals surface area contributed by atoms with Gasteiger partial charge in [-0.2, -0.15) is 0 Å². The number of carbonyl (C=O) groups excluding carboxylic acids is 2. The number of amides is 2. The van der Waals surface area contributed by atoms with Crippen molar-refractivity contribution in [3.8, 4) is 0 Å². The van der Waals surface area contributed by atoms with Gasteiger partial charge in [-0.05, 0) is 30.5 Å². The van der Waals surface area contributed by atoms with Crippen molar-refractivity contribution in [1.29, 1.82) is 0 Å². The summed E-state index contributed by atoms with van der Waals surface area (Å²) in [6.07, 6.45) is 0.856. The highest BCUT2D eigenvalue weighted by Gasteiger charge is 2.13. The summed E-state index contributed by atoms with van der Waals surface area (Å²) in [7, 11) is 3.83. The summed E-state index contributed by atoms with van der Waals surface area (Å²) in [4.78, 5) is 25.3. The molecule has 2 N–H and O–H groups in total. The quantitative estimate of drug-likeness (QED) is 0.808. The number of hydrogen-bond acceptors (Lipinski definition) is 3. The Morgan fingerprint density at radius 2 is 1.90 bits per heavy atom. The minimum absolute atomic E-state index is 0.495. The number of nitrogens with one attached hydrogen (secondary N) is 2. The summed E-state index contributed by atoms with van der Waals surface area (Å²) in [5.41, 5.74) is 1.57. The largest absolute Gasteiger partial charge is 0.378 e. The van der Waals surface area contributed by atoms with E-state index in [0.29, 0.717) is 18.2 Å². The van der Waals surface area contributed by atoms with Crippen LogP contribution in [0.5, 0.6) is 0 Å². The Morgan fingerprint density at radius 1 is 1.20 bits per heavy atom. The van der Waals surface area contributed by atoms with E-state index in [2.05, 4.69) is 24.5 Å². The highest BCUT2D eigenvalue weighted by molar-refractivity contribution is 6.39. The third-order valence-electron chi connectivity index (χ3n) is 2.83. The molecule has 110 valence electrons. The summed E-state index contributed by atoms with van der Waals surface area (Å²) < 4.78 is 0. The second-order valence-electron chi connectivity index (χ2n) is 5.34. The van der Waals surface area contributed by atoms with Gasteiger partial charge in [-0.15, -0.1) is 0 Å². The smallest absolute Gasteiger partial charge is 0.313 e. The van der Waals surface area contributed by atoms with Crippen LogP contribution in [0.1, 0.15) is 20.3 Å². The second-order valence-corrected chi connectivity index (χ2v) is 5.34. The van der Waals surface area contributed by atoms with E-state index in [-0.39, 0.29) is 0 Å². The van der Waals surface area contributed by atoms with Gasteiger partial charge in [0.25, 0.3) is 0 Å². The van der Waals surface area contributed by atoms with Crippen LogP contribution in [0.2, 0.25) is 0 Å². The van der Waals surface area contributed by atoms with Gasteiger partial charge in [0.1, 0.15) is 0 Å². The summed E-state index contributed by atoms with van der Waals surface area (Å²) in [6.45, 7) is 4.65. The Balaban J connectivity index is 2.53. The van der Waals surface area contributed by atoms with Crippen LogP contribution in [0.4, 0.5) is 11.4 Å². The SMILES string of the molecule is CC(C)CCNC(=O)C(=O)Nc1cccc(N(C)C)c1. The van der Waals surface area contributed by atoms with Crippen molar-refractivity contribution in [1.82, 2.24) is 5.32 Å². The molecule has 0 saturated carbocycles. The third kappa shape index (κ3) is 5.30. The Kier molecular flexibility index (Phi) is 6.03. The second kappa shape index (κ2) is 7.53. The van der Waals surface area contributed by atoms with Crippen LogP contribution in [-0.2, 0) is 9.59 Å². The molecule has 20 heavy (non-hydrogen) atoms. The first-order valence-corrected chi connectivity index (χ1v) is 6.76. The lowest BCUT2D eigenvalue weighted by Gasteiger charge is -2.14. The summed E-state index contributed by atoms with van der Waals surface area (Å²) >= 11 is 0. The van der Waals surface area contributed by atoms with Crippen LogP contribution in [0.15, 0.2) is 24.3 Å². The summed E-state index contributed by atoms with van der Waals surface area (Å²) in [5, 5.41) is 5.21. The van der Waals surface area contributed by atoms with Crippen LogP contribution >= 0.6 is 0 Å². The molecule has 0 unspecified atom stereocenters. The molecule has 1 aromatic rings. The number of hydrogen-bond donors (Lipinski definition) is 2. The molecule has 0 heterocycles. The number of benzene rings is 1. The molecule has 0 aliphatic heterocycles. The van der Waals surface area contributed by atoms with Crippen molar-refractivity contribution in [3.63, 3.8) is 0 Å². The first kappa shape index (κ1) is 16.0. The van der Waals surface area contributed by atoms with Crippen LogP contribution < -0.4 is 15.5 Å². The zero-order chi connectivity index (χ0) is 15.1. The Morgan fingerprint density at radius 3 is 2.50 bits per heavy atom. The number of nitrogens with zero attached hydrogens (tertiary/aromatic N) is 1. The Labute approximate surface area is 120 Å². The van der Waals surface area contributed by atoms with Gasteiger partial charge in [-0.3, -0.25) is 9.59 Å². The monoisotopic (exact) mass is 277 g/mol. The minimum atomic E-state index is -0.635. The molecular formula is C15H23N3O2. The molecule has 0 spiro atoms. The molecule has 5 nitrogen and oxygen atoms in total. The number of rotatable bonds is 5. The van der Waals surface area contributed by atoms with Crippen molar-refractivity contribution in [2.24, 2.45) is 5.92 Å². The van der Waals surface area contributed by atoms with Gasteiger partial charge < -0.3 is 15.5 Å². The molecule has 2 amide bonds. The van der Waals surface area contributed by atoms with Crippen molar-refractivity contribution in [2.45, 2.75) is 20.3 Å². The fourth-order valence-electron chi connectivity index (χ4n) is 1.60. The van der Waals surface area contributed by atoms with Crippen LogP contribution in [0.25, 0.3) is 0 Å². The average Bonchev–Trinajstić information content (AvgIpc) is 2.38. The van der Waals surface area contributed by atoms with E-state index in [1.54, 1.807) is 6.07 Å². The normalized spacial score (nSPS) is 10.2. The van der Waals surface area contributed by atoms with E-state index in [4.69, 9.17) is 0 Å². The zero-order valence-corrected chi connectivity index (χ0v) is 12.6. The highest BCUT2D eigenvalue weighted by Crippen LogP contribution is 2.17. The van der Waals surface area contributed by atoms with Crippen LogP contribution in [0, 0.1) is 5.92 Å². The fourth-order valence-corrected chi connectivity index (χ4v) is 1.60. The maximum atomic E-state index is 11.7. The first-order chi connectivity index (χ1) is 9.40. The van der Waals surface area contributed by atoms with E-state index in [1.807, 2.05) is 37.2 Å². The van der Waals surface area contributed by atoms with E-state index < -0.39 is 11.8 Å². The Hall–Kier alpha value is -2.04.